The summed E-state index contributed by atoms with van der Waals surface area (Å²) in [5.41, 5.74) is 0.0301. The van der Waals surface area contributed by atoms with E-state index in [0.29, 0.717) is 0 Å². The summed E-state index contributed by atoms with van der Waals surface area (Å²) >= 11 is 0. The summed E-state index contributed by atoms with van der Waals surface area (Å²) in [4.78, 5) is 12.3. The van der Waals surface area contributed by atoms with E-state index in [-0.39, 0.29) is 9.79 Å². The lowest BCUT2D eigenvalue weighted by Gasteiger charge is -2.19. The first kappa shape index (κ1) is 22.7. The van der Waals surface area contributed by atoms with Crippen LogP contribution in [0.1, 0.15) is 26.3 Å². The Morgan fingerprint density at radius 2 is 1.62 bits per heavy atom. The Bertz CT molecular complexity index is 1000. The monoisotopic (exact) mass is 429 g/mol. The van der Waals surface area contributed by atoms with Crippen molar-refractivity contribution in [3.8, 4) is 5.75 Å². The number of aryl methyl sites for hydroxylation is 1. The van der Waals surface area contributed by atoms with E-state index in [1.807, 2.05) is 0 Å². The Morgan fingerprint density at radius 1 is 1.03 bits per heavy atom. The molecule has 158 valence electrons. The van der Waals surface area contributed by atoms with Crippen LogP contribution in [0.4, 0.5) is 13.2 Å². The van der Waals surface area contributed by atoms with Gasteiger partial charge in [0, 0.05) is 0 Å². The second-order valence-corrected chi connectivity index (χ2v) is 9.49. The third-order valence-corrected chi connectivity index (χ3v) is 5.74. The van der Waals surface area contributed by atoms with Gasteiger partial charge in [-0.25, -0.2) is 8.57 Å². The highest BCUT2D eigenvalue weighted by Crippen LogP contribution is 2.30. The minimum Gasteiger partial charge on any atom is -0.459 e. The molecule has 0 aromatic heterocycles. The molecule has 2 aromatic rings. The van der Waals surface area contributed by atoms with Crippen LogP contribution in [0.25, 0.3) is 0 Å². The summed E-state index contributed by atoms with van der Waals surface area (Å²) in [6, 6.07) is 11.4. The molecular formula is C20H22F3NO4S. The van der Waals surface area contributed by atoms with Gasteiger partial charge in [0.1, 0.15) is 27.6 Å². The molecule has 0 fully saturated rings. The van der Waals surface area contributed by atoms with Crippen LogP contribution >= 0.6 is 0 Å². The normalized spacial score (nSPS) is 14.0. The fourth-order valence-corrected chi connectivity index (χ4v) is 4.44. The van der Waals surface area contributed by atoms with E-state index < -0.39 is 40.0 Å². The molecule has 0 bridgehead atoms. The Labute approximate surface area is 168 Å². The number of esters is 1. The molecule has 0 heterocycles. The summed E-state index contributed by atoms with van der Waals surface area (Å²) in [7, 11) is -3.42. The maximum Gasteiger partial charge on any atom is 0.573 e. The molecule has 29 heavy (non-hydrogen) atoms. The lowest BCUT2D eigenvalue weighted by atomic mass is 10.2. The molecule has 0 N–H and O–H groups in total. The van der Waals surface area contributed by atoms with Crippen LogP contribution in [0.5, 0.6) is 5.75 Å². The highest BCUT2D eigenvalue weighted by molar-refractivity contribution is 7.93. The zero-order valence-electron chi connectivity index (χ0n) is 16.4. The van der Waals surface area contributed by atoms with E-state index in [1.165, 1.54) is 12.1 Å². The Morgan fingerprint density at radius 3 is 2.17 bits per heavy atom. The number of nitrogens with zero attached hydrogens (tertiary/aromatic N) is 1. The summed E-state index contributed by atoms with van der Waals surface area (Å²) in [6.45, 7) is 6.30. The summed E-state index contributed by atoms with van der Waals surface area (Å²) in [5.74, 6) is -1.22. The third-order valence-electron chi connectivity index (χ3n) is 3.46. The summed E-state index contributed by atoms with van der Waals surface area (Å²) < 4.78 is 64.7. The van der Waals surface area contributed by atoms with Gasteiger partial charge in [-0.1, -0.05) is 18.2 Å². The molecule has 0 aliphatic carbocycles. The van der Waals surface area contributed by atoms with Crippen LogP contribution in [0.3, 0.4) is 0 Å². The molecule has 0 spiro atoms. The van der Waals surface area contributed by atoms with E-state index in [1.54, 1.807) is 52.0 Å². The lowest BCUT2D eigenvalue weighted by molar-refractivity contribution is -0.274. The van der Waals surface area contributed by atoms with Crippen LogP contribution in [-0.2, 0) is 19.3 Å². The highest BCUT2D eigenvalue weighted by atomic mass is 32.2. The number of benzene rings is 2. The van der Waals surface area contributed by atoms with Crippen molar-refractivity contribution in [2.45, 2.75) is 49.4 Å². The molecule has 9 heteroatoms. The van der Waals surface area contributed by atoms with E-state index in [2.05, 4.69) is 9.10 Å². The van der Waals surface area contributed by atoms with Crippen molar-refractivity contribution < 1.29 is 31.6 Å². The number of ether oxygens (including phenoxy) is 2. The van der Waals surface area contributed by atoms with Crippen LogP contribution in [0.2, 0.25) is 0 Å². The molecule has 0 aliphatic heterocycles. The van der Waals surface area contributed by atoms with Crippen molar-refractivity contribution in [1.29, 1.82) is 0 Å². The number of hydrogen-bond donors (Lipinski definition) is 0. The van der Waals surface area contributed by atoms with Crippen LogP contribution < -0.4 is 4.74 Å². The largest absolute Gasteiger partial charge is 0.573 e. The molecule has 0 aliphatic rings. The van der Waals surface area contributed by atoms with E-state index in [9.17, 15) is 22.2 Å². The van der Waals surface area contributed by atoms with Crippen LogP contribution in [0, 0.1) is 6.92 Å². The maximum absolute atomic E-state index is 13.8. The zero-order valence-corrected chi connectivity index (χ0v) is 17.3. The minimum atomic E-state index is -4.89. The van der Waals surface area contributed by atoms with Gasteiger partial charge in [-0.05, 0) is 63.6 Å². The highest BCUT2D eigenvalue weighted by Gasteiger charge is 2.31. The predicted octanol–water partition coefficient (Wildman–Crippen LogP) is 5.12. The van der Waals surface area contributed by atoms with E-state index in [4.69, 9.17) is 4.74 Å². The lowest BCUT2D eigenvalue weighted by Crippen LogP contribution is -2.25. The molecule has 5 nitrogen and oxygen atoms in total. The minimum absolute atomic E-state index is 0.00610. The van der Waals surface area contributed by atoms with E-state index in [0.717, 1.165) is 17.7 Å². The van der Waals surface area contributed by atoms with Crippen molar-refractivity contribution in [2.24, 2.45) is 4.36 Å². The summed E-state index contributed by atoms with van der Waals surface area (Å²) in [6.07, 6.45) is -4.89. The SMILES string of the molecule is Cc1cccc(S(=O)(=NCC(=O)OC(C)(C)C)c2cccc(OC(F)(F)F)c2)c1. The van der Waals surface area contributed by atoms with Gasteiger partial charge in [0.2, 0.25) is 0 Å². The number of halogens is 3. The molecule has 0 amide bonds. The first-order chi connectivity index (χ1) is 13.3. The quantitative estimate of drug-likeness (QED) is 0.619. The van der Waals surface area contributed by atoms with Gasteiger partial charge >= 0.3 is 12.3 Å². The fourth-order valence-electron chi connectivity index (χ4n) is 2.43. The van der Waals surface area contributed by atoms with Crippen molar-refractivity contribution in [1.82, 2.24) is 0 Å². The number of rotatable bonds is 5. The van der Waals surface area contributed by atoms with E-state index >= 15 is 0 Å². The van der Waals surface area contributed by atoms with Gasteiger partial charge in [0.15, 0.2) is 0 Å². The molecule has 1 atom stereocenters. The van der Waals surface area contributed by atoms with Crippen LogP contribution in [0.15, 0.2) is 62.7 Å². The second kappa shape index (κ2) is 8.44. The maximum atomic E-state index is 13.8. The first-order valence-corrected chi connectivity index (χ1v) is 10.2. The number of alkyl halides is 3. The van der Waals surface area contributed by atoms with Crippen molar-refractivity contribution >= 4 is 15.7 Å². The number of carbonyl (C=O) groups excluding carboxylic acids is 1. The molecule has 0 radical (unpaired) electrons. The van der Waals surface area contributed by atoms with Gasteiger partial charge in [-0.2, -0.15) is 0 Å². The predicted molar refractivity (Wildman–Crippen MR) is 102 cm³/mol. The Balaban J connectivity index is 2.54. The number of carbonyl (C=O) groups is 1. The Kier molecular flexibility index (Phi) is 6.62. The smallest absolute Gasteiger partial charge is 0.459 e. The van der Waals surface area contributed by atoms with Gasteiger partial charge in [-0.15, -0.1) is 13.2 Å². The average molecular weight is 429 g/mol. The topological polar surface area (TPSA) is 65.0 Å². The van der Waals surface area contributed by atoms with Crippen molar-refractivity contribution in [3.63, 3.8) is 0 Å². The van der Waals surface area contributed by atoms with Crippen LogP contribution in [-0.4, -0.2) is 28.7 Å². The number of hydrogen-bond acceptors (Lipinski definition) is 5. The van der Waals surface area contributed by atoms with Gasteiger partial charge in [0.25, 0.3) is 0 Å². The molecule has 2 rings (SSSR count). The van der Waals surface area contributed by atoms with Crippen molar-refractivity contribution in [3.05, 3.63) is 54.1 Å². The molecule has 0 saturated carbocycles. The molecular weight excluding hydrogens is 407 g/mol. The summed E-state index contributed by atoms with van der Waals surface area (Å²) in [5, 5.41) is 0. The van der Waals surface area contributed by atoms with Gasteiger partial charge < -0.3 is 9.47 Å². The molecule has 2 aromatic carbocycles. The first-order valence-electron chi connectivity index (χ1n) is 8.66. The molecule has 0 saturated heterocycles. The average Bonchev–Trinajstić information content (AvgIpc) is 2.57. The van der Waals surface area contributed by atoms with Crippen molar-refractivity contribution in [2.75, 3.05) is 6.54 Å². The van der Waals surface area contributed by atoms with Gasteiger partial charge in [-0.3, -0.25) is 4.79 Å². The fraction of sp³-hybridized carbons (Fsp3) is 0.350. The zero-order chi connectivity index (χ0) is 21.9. The Hall–Kier alpha value is -2.55. The van der Waals surface area contributed by atoms with Gasteiger partial charge in [0.05, 0.1) is 9.79 Å². The standard InChI is InChI=1S/C20H22F3NO4S/c1-14-7-5-9-16(11-14)29(26,24-13-18(25)28-19(2,3)4)17-10-6-8-15(12-17)27-20(21,22)23/h5-12H,13H2,1-4H3. The third kappa shape index (κ3) is 6.77. The molecule has 1 unspecified atom stereocenters. The second-order valence-electron chi connectivity index (χ2n) is 7.24.